The molecule has 0 aromatic heterocycles. The van der Waals surface area contributed by atoms with Crippen molar-refractivity contribution in [2.75, 3.05) is 13.7 Å². The highest BCUT2D eigenvalue weighted by atomic mass is 16.5. The zero-order chi connectivity index (χ0) is 13.9. The van der Waals surface area contributed by atoms with Gasteiger partial charge < -0.3 is 9.64 Å². The Bertz CT molecular complexity index is 475. The Morgan fingerprint density at radius 1 is 1.37 bits per heavy atom. The van der Waals surface area contributed by atoms with Crippen molar-refractivity contribution in [1.29, 1.82) is 0 Å². The average molecular weight is 259 g/mol. The second kappa shape index (κ2) is 5.57. The molecule has 0 spiro atoms. The number of carbonyl (C=O) groups excluding carboxylic acids is 1. The second-order valence-electron chi connectivity index (χ2n) is 4.85. The molecule has 3 nitrogen and oxygen atoms in total. The molecular formula is C16H21NO2. The van der Waals surface area contributed by atoms with Gasteiger partial charge in [0.2, 0.25) is 0 Å². The summed E-state index contributed by atoms with van der Waals surface area (Å²) in [6, 6.07) is 10.1. The van der Waals surface area contributed by atoms with E-state index in [1.54, 1.807) is 7.11 Å². The van der Waals surface area contributed by atoms with Crippen LogP contribution in [-0.2, 0) is 16.1 Å². The van der Waals surface area contributed by atoms with Gasteiger partial charge in [0.05, 0.1) is 0 Å². The molecule has 1 fully saturated rings. The molecule has 0 aliphatic carbocycles. The Kier molecular flexibility index (Phi) is 4.05. The summed E-state index contributed by atoms with van der Waals surface area (Å²) < 4.78 is 5.57. The zero-order valence-electron chi connectivity index (χ0n) is 11.8. The number of allylic oxidation sites excluding steroid dienone is 1. The second-order valence-corrected chi connectivity index (χ2v) is 4.85. The molecule has 0 bridgehead atoms. The van der Waals surface area contributed by atoms with E-state index in [-0.39, 0.29) is 5.91 Å². The topological polar surface area (TPSA) is 29.5 Å². The van der Waals surface area contributed by atoms with E-state index in [1.807, 2.05) is 55.2 Å². The fourth-order valence-corrected chi connectivity index (χ4v) is 2.79. The number of carbonyl (C=O) groups is 1. The monoisotopic (exact) mass is 259 g/mol. The van der Waals surface area contributed by atoms with Crippen molar-refractivity contribution in [3.8, 4) is 0 Å². The van der Waals surface area contributed by atoms with Crippen LogP contribution in [0.2, 0.25) is 0 Å². The summed E-state index contributed by atoms with van der Waals surface area (Å²) in [4.78, 5) is 14.5. The van der Waals surface area contributed by atoms with Gasteiger partial charge in [-0.05, 0) is 24.5 Å². The minimum Gasteiger partial charge on any atom is -0.364 e. The van der Waals surface area contributed by atoms with Crippen molar-refractivity contribution in [2.45, 2.75) is 32.4 Å². The first-order valence-electron chi connectivity index (χ1n) is 6.72. The van der Waals surface area contributed by atoms with E-state index >= 15 is 0 Å². The summed E-state index contributed by atoms with van der Waals surface area (Å²) in [6.45, 7) is 5.27. The van der Waals surface area contributed by atoms with E-state index in [0.29, 0.717) is 19.5 Å². The molecule has 1 saturated heterocycles. The first-order valence-corrected chi connectivity index (χ1v) is 6.72. The molecule has 1 aliphatic heterocycles. The Balaban J connectivity index is 2.24. The number of hydrogen-bond acceptors (Lipinski definition) is 2. The summed E-state index contributed by atoms with van der Waals surface area (Å²) >= 11 is 0. The standard InChI is InChI=1S/C16H21NO2/c1-4-14-12-17(11-13-9-7-6-8-10-13)15(18)16(14,5-2)19-3/h4,6-10H,5,11-12H2,1-3H3/b14-4-. The van der Waals surface area contributed by atoms with Crippen LogP contribution in [0.5, 0.6) is 0 Å². The minimum atomic E-state index is -0.746. The van der Waals surface area contributed by atoms with Crippen LogP contribution in [0.4, 0.5) is 0 Å². The lowest BCUT2D eigenvalue weighted by Gasteiger charge is -2.26. The number of ether oxygens (including phenoxy) is 1. The highest BCUT2D eigenvalue weighted by molar-refractivity contribution is 5.92. The third-order valence-electron chi connectivity index (χ3n) is 3.92. The molecule has 3 heteroatoms. The molecule has 1 aromatic rings. The maximum Gasteiger partial charge on any atom is 0.259 e. The van der Waals surface area contributed by atoms with Gasteiger partial charge in [-0.3, -0.25) is 4.79 Å². The smallest absolute Gasteiger partial charge is 0.259 e. The Morgan fingerprint density at radius 2 is 2.05 bits per heavy atom. The highest BCUT2D eigenvalue weighted by Gasteiger charge is 2.49. The molecule has 1 atom stereocenters. The predicted octanol–water partition coefficient (Wildman–Crippen LogP) is 2.77. The van der Waals surface area contributed by atoms with Crippen LogP contribution in [0.3, 0.4) is 0 Å². The van der Waals surface area contributed by atoms with E-state index in [1.165, 1.54) is 0 Å². The molecule has 19 heavy (non-hydrogen) atoms. The fourth-order valence-electron chi connectivity index (χ4n) is 2.79. The molecule has 1 unspecified atom stereocenters. The van der Waals surface area contributed by atoms with Crippen LogP contribution in [0.15, 0.2) is 42.0 Å². The lowest BCUT2D eigenvalue weighted by molar-refractivity contribution is -0.144. The number of amides is 1. The lowest BCUT2D eigenvalue weighted by atomic mass is 9.93. The van der Waals surface area contributed by atoms with Gasteiger partial charge in [-0.15, -0.1) is 0 Å². The molecule has 1 heterocycles. The first kappa shape index (κ1) is 13.8. The number of nitrogens with zero attached hydrogens (tertiary/aromatic N) is 1. The summed E-state index contributed by atoms with van der Waals surface area (Å²) in [5, 5.41) is 0. The maximum atomic E-state index is 12.6. The molecule has 0 N–H and O–H groups in total. The van der Waals surface area contributed by atoms with Crippen molar-refractivity contribution in [2.24, 2.45) is 0 Å². The molecular weight excluding hydrogens is 238 g/mol. The van der Waals surface area contributed by atoms with Crippen LogP contribution in [0.25, 0.3) is 0 Å². The van der Waals surface area contributed by atoms with Gasteiger partial charge in [0, 0.05) is 20.2 Å². The Hall–Kier alpha value is -1.61. The predicted molar refractivity (Wildman–Crippen MR) is 75.6 cm³/mol. The van der Waals surface area contributed by atoms with Crippen molar-refractivity contribution in [3.63, 3.8) is 0 Å². The molecule has 1 aromatic carbocycles. The van der Waals surface area contributed by atoms with Crippen molar-refractivity contribution < 1.29 is 9.53 Å². The summed E-state index contributed by atoms with van der Waals surface area (Å²) in [7, 11) is 1.62. The molecule has 0 radical (unpaired) electrons. The number of likely N-dealkylation sites (tertiary alicyclic amines) is 1. The highest BCUT2D eigenvalue weighted by Crippen LogP contribution is 2.35. The summed E-state index contributed by atoms with van der Waals surface area (Å²) in [6.07, 6.45) is 2.68. The van der Waals surface area contributed by atoms with Gasteiger partial charge in [-0.1, -0.05) is 43.3 Å². The number of benzene rings is 1. The van der Waals surface area contributed by atoms with Crippen molar-refractivity contribution in [3.05, 3.63) is 47.5 Å². The molecule has 0 saturated carbocycles. The average Bonchev–Trinajstić information content (AvgIpc) is 2.73. The molecule has 102 valence electrons. The van der Waals surface area contributed by atoms with Crippen LogP contribution >= 0.6 is 0 Å². The Labute approximate surface area is 114 Å². The largest absolute Gasteiger partial charge is 0.364 e. The van der Waals surface area contributed by atoms with Crippen molar-refractivity contribution in [1.82, 2.24) is 4.90 Å². The van der Waals surface area contributed by atoms with E-state index < -0.39 is 5.60 Å². The van der Waals surface area contributed by atoms with E-state index in [4.69, 9.17) is 4.74 Å². The number of hydrogen-bond donors (Lipinski definition) is 0. The third kappa shape index (κ3) is 2.30. The maximum absolute atomic E-state index is 12.6. The van der Waals surface area contributed by atoms with E-state index in [2.05, 4.69) is 0 Å². The zero-order valence-corrected chi connectivity index (χ0v) is 11.8. The van der Waals surface area contributed by atoms with Crippen LogP contribution < -0.4 is 0 Å². The SMILES string of the molecule is C/C=C1/CN(Cc2ccccc2)C(=O)C1(CC)OC. The molecule has 1 aliphatic rings. The van der Waals surface area contributed by atoms with Gasteiger partial charge >= 0.3 is 0 Å². The summed E-state index contributed by atoms with van der Waals surface area (Å²) in [5.74, 6) is 0.0782. The normalized spacial score (nSPS) is 25.3. The van der Waals surface area contributed by atoms with Gasteiger partial charge in [0.15, 0.2) is 5.60 Å². The van der Waals surface area contributed by atoms with Gasteiger partial charge in [-0.25, -0.2) is 0 Å². The van der Waals surface area contributed by atoms with E-state index in [0.717, 1.165) is 11.1 Å². The van der Waals surface area contributed by atoms with Gasteiger partial charge in [-0.2, -0.15) is 0 Å². The van der Waals surface area contributed by atoms with Crippen LogP contribution in [-0.4, -0.2) is 30.1 Å². The van der Waals surface area contributed by atoms with Gasteiger partial charge in [0.25, 0.3) is 5.91 Å². The Morgan fingerprint density at radius 3 is 2.53 bits per heavy atom. The fraction of sp³-hybridized carbons (Fsp3) is 0.438. The lowest BCUT2D eigenvalue weighted by Crippen LogP contribution is -2.41. The minimum absolute atomic E-state index is 0.0782. The number of rotatable bonds is 4. The van der Waals surface area contributed by atoms with Crippen LogP contribution in [0.1, 0.15) is 25.8 Å². The molecule has 2 rings (SSSR count). The van der Waals surface area contributed by atoms with E-state index in [9.17, 15) is 4.79 Å². The number of methoxy groups -OCH3 is 1. The van der Waals surface area contributed by atoms with Gasteiger partial charge in [0.1, 0.15) is 0 Å². The third-order valence-corrected chi connectivity index (χ3v) is 3.92. The van der Waals surface area contributed by atoms with Crippen molar-refractivity contribution >= 4 is 5.91 Å². The molecule has 1 amide bonds. The van der Waals surface area contributed by atoms with Crippen LogP contribution in [0, 0.1) is 0 Å². The first-order chi connectivity index (χ1) is 9.17. The summed E-state index contributed by atoms with van der Waals surface area (Å²) in [5.41, 5.74) is 1.47. The quantitative estimate of drug-likeness (QED) is 0.778.